The number of hydrogen-bond acceptors (Lipinski definition) is 3. The summed E-state index contributed by atoms with van der Waals surface area (Å²) in [6.07, 6.45) is -4.64. The molecule has 1 heterocycles. The molecule has 3 nitrogen and oxygen atoms in total. The molecule has 1 aromatic carbocycles. The van der Waals surface area contributed by atoms with E-state index in [-0.39, 0.29) is 0 Å². The van der Waals surface area contributed by atoms with E-state index in [0.717, 1.165) is 15.5 Å². The maximum atomic E-state index is 12.7. The largest absolute Gasteiger partial charge is 0.434 e. The van der Waals surface area contributed by atoms with Crippen LogP contribution in [-0.4, -0.2) is 10.9 Å². The van der Waals surface area contributed by atoms with Crippen LogP contribution in [0.2, 0.25) is 0 Å². The Bertz CT molecular complexity index is 654. The van der Waals surface area contributed by atoms with Gasteiger partial charge in [0, 0.05) is 10.2 Å². The lowest BCUT2D eigenvalue weighted by molar-refractivity contribution is -0.141. The van der Waals surface area contributed by atoms with Crippen LogP contribution in [0.25, 0.3) is 0 Å². The molecule has 20 heavy (non-hydrogen) atoms. The Hall–Kier alpha value is -1.41. The zero-order valence-corrected chi connectivity index (χ0v) is 12.5. The van der Waals surface area contributed by atoms with Crippen LogP contribution in [0.5, 0.6) is 0 Å². The molecular weight excluding hydrogens is 357 g/mol. The highest BCUT2D eigenvalue weighted by molar-refractivity contribution is 9.10. The third kappa shape index (κ3) is 3.18. The second-order valence-electron chi connectivity index (χ2n) is 3.95. The Kier molecular flexibility index (Phi) is 4.14. The van der Waals surface area contributed by atoms with Crippen molar-refractivity contribution in [2.45, 2.75) is 13.1 Å². The molecule has 0 bridgehead atoms. The Balaban J connectivity index is 2.25. The van der Waals surface area contributed by atoms with Crippen molar-refractivity contribution in [3.63, 3.8) is 0 Å². The molecule has 0 aliphatic heterocycles. The van der Waals surface area contributed by atoms with E-state index in [0.29, 0.717) is 17.0 Å². The van der Waals surface area contributed by atoms with Gasteiger partial charge >= 0.3 is 6.18 Å². The lowest BCUT2D eigenvalue weighted by Crippen LogP contribution is -2.17. The number of amides is 1. The molecule has 8 heteroatoms. The summed E-state index contributed by atoms with van der Waals surface area (Å²) in [4.78, 5) is 14.6. The number of hydrogen-bond donors (Lipinski definition) is 1. The number of benzene rings is 1. The van der Waals surface area contributed by atoms with Gasteiger partial charge in [0.05, 0.1) is 5.51 Å². The molecule has 2 aromatic rings. The lowest BCUT2D eigenvalue weighted by Gasteiger charge is -2.08. The predicted molar refractivity (Wildman–Crippen MR) is 73.9 cm³/mol. The first kappa shape index (κ1) is 15.0. The van der Waals surface area contributed by atoms with Crippen LogP contribution in [0.1, 0.15) is 20.9 Å². The van der Waals surface area contributed by atoms with E-state index in [2.05, 4.69) is 26.2 Å². The number of alkyl halides is 3. The quantitative estimate of drug-likeness (QED) is 0.853. The minimum atomic E-state index is -4.64. The van der Waals surface area contributed by atoms with Crippen LogP contribution in [0, 0.1) is 6.92 Å². The van der Waals surface area contributed by atoms with E-state index < -0.39 is 22.7 Å². The summed E-state index contributed by atoms with van der Waals surface area (Å²) < 4.78 is 38.8. The average molecular weight is 365 g/mol. The highest BCUT2D eigenvalue weighted by atomic mass is 79.9. The second-order valence-corrected chi connectivity index (χ2v) is 5.66. The van der Waals surface area contributed by atoms with Gasteiger partial charge in [-0.2, -0.15) is 13.2 Å². The van der Waals surface area contributed by atoms with E-state index in [1.54, 1.807) is 18.2 Å². The number of nitrogens with one attached hydrogen (secondary N) is 1. The topological polar surface area (TPSA) is 42.0 Å². The number of rotatable bonds is 2. The highest BCUT2D eigenvalue weighted by Crippen LogP contribution is 2.33. The molecule has 2 rings (SSSR count). The number of carbonyl (C=O) groups is 1. The van der Waals surface area contributed by atoms with Crippen LogP contribution in [0.15, 0.2) is 28.2 Å². The monoisotopic (exact) mass is 364 g/mol. The summed E-state index contributed by atoms with van der Waals surface area (Å²) in [6.45, 7) is 1.81. The molecule has 0 atom stereocenters. The normalized spacial score (nSPS) is 11.4. The number of aryl methyl sites for hydroxylation is 1. The molecule has 0 saturated heterocycles. The van der Waals surface area contributed by atoms with Crippen molar-refractivity contribution in [3.05, 3.63) is 44.3 Å². The third-order valence-corrected chi connectivity index (χ3v) is 4.17. The molecule has 0 unspecified atom stereocenters. The minimum Gasteiger partial charge on any atom is -0.321 e. The second kappa shape index (κ2) is 5.53. The average Bonchev–Trinajstić information content (AvgIpc) is 2.83. The number of aromatic nitrogens is 1. The maximum absolute atomic E-state index is 12.7. The molecule has 106 valence electrons. The van der Waals surface area contributed by atoms with Gasteiger partial charge < -0.3 is 5.32 Å². The van der Waals surface area contributed by atoms with Crippen LogP contribution < -0.4 is 5.32 Å². The fourth-order valence-electron chi connectivity index (χ4n) is 1.52. The van der Waals surface area contributed by atoms with Gasteiger partial charge in [0.25, 0.3) is 5.91 Å². The Morgan fingerprint density at radius 2 is 2.10 bits per heavy atom. The van der Waals surface area contributed by atoms with Crippen molar-refractivity contribution in [3.8, 4) is 0 Å². The molecule has 0 saturated carbocycles. The zero-order chi connectivity index (χ0) is 14.9. The Labute approximate surface area is 125 Å². The molecule has 1 amide bonds. The number of thiazole rings is 1. The molecule has 0 aliphatic carbocycles. The number of carbonyl (C=O) groups excluding carboxylic acids is 1. The van der Waals surface area contributed by atoms with Gasteiger partial charge in [0.15, 0.2) is 5.69 Å². The van der Waals surface area contributed by atoms with Gasteiger partial charge in [0.1, 0.15) is 4.88 Å². The number of anilines is 1. The summed E-state index contributed by atoms with van der Waals surface area (Å²) >= 11 is 3.96. The number of halogens is 4. The van der Waals surface area contributed by atoms with Crippen LogP contribution >= 0.6 is 27.3 Å². The third-order valence-electron chi connectivity index (χ3n) is 2.46. The maximum Gasteiger partial charge on any atom is 0.434 e. The van der Waals surface area contributed by atoms with Gasteiger partial charge in [-0.25, -0.2) is 4.98 Å². The van der Waals surface area contributed by atoms with Crippen molar-refractivity contribution in [2.24, 2.45) is 0 Å². The summed E-state index contributed by atoms with van der Waals surface area (Å²) in [7, 11) is 0. The number of nitrogens with zero attached hydrogens (tertiary/aromatic N) is 1. The summed E-state index contributed by atoms with van der Waals surface area (Å²) in [6, 6.07) is 4.97. The van der Waals surface area contributed by atoms with Crippen molar-refractivity contribution >= 4 is 38.9 Å². The first-order valence-electron chi connectivity index (χ1n) is 5.37. The predicted octanol–water partition coefficient (Wildman–Crippen LogP) is 4.49. The van der Waals surface area contributed by atoms with Gasteiger partial charge in [-0.15, -0.1) is 11.3 Å². The van der Waals surface area contributed by atoms with Gasteiger partial charge in [-0.1, -0.05) is 15.9 Å². The molecule has 1 N–H and O–H groups in total. The van der Waals surface area contributed by atoms with E-state index >= 15 is 0 Å². The van der Waals surface area contributed by atoms with Gasteiger partial charge in [-0.3, -0.25) is 4.79 Å². The summed E-state index contributed by atoms with van der Waals surface area (Å²) in [5.41, 5.74) is 1.14. The summed E-state index contributed by atoms with van der Waals surface area (Å²) in [5.74, 6) is -0.818. The fourth-order valence-corrected chi connectivity index (χ4v) is 2.47. The molecule has 0 radical (unpaired) electrons. The van der Waals surface area contributed by atoms with Crippen molar-refractivity contribution in [1.82, 2.24) is 4.98 Å². The van der Waals surface area contributed by atoms with E-state index in [1.165, 1.54) is 0 Å². The smallest absolute Gasteiger partial charge is 0.321 e. The summed E-state index contributed by atoms with van der Waals surface area (Å²) in [5, 5.41) is 2.44. The van der Waals surface area contributed by atoms with Gasteiger partial charge in [-0.05, 0) is 30.7 Å². The van der Waals surface area contributed by atoms with Crippen LogP contribution in [0.4, 0.5) is 18.9 Å². The Morgan fingerprint density at radius 1 is 1.40 bits per heavy atom. The molecule has 0 aliphatic rings. The molecule has 1 aromatic heterocycles. The highest BCUT2D eigenvalue weighted by Gasteiger charge is 2.38. The molecular formula is C12H8BrF3N2OS. The fraction of sp³-hybridized carbons (Fsp3) is 0.167. The molecule has 0 spiro atoms. The van der Waals surface area contributed by atoms with E-state index in [1.807, 2.05) is 6.92 Å². The minimum absolute atomic E-state index is 0.428. The first-order chi connectivity index (χ1) is 9.29. The van der Waals surface area contributed by atoms with E-state index in [9.17, 15) is 18.0 Å². The van der Waals surface area contributed by atoms with Gasteiger partial charge in [0.2, 0.25) is 0 Å². The molecule has 0 fully saturated rings. The van der Waals surface area contributed by atoms with Crippen molar-refractivity contribution < 1.29 is 18.0 Å². The standard InChI is InChI=1S/C12H8BrF3N2OS/c1-6-4-7(2-3-8(6)13)18-11(19)9-10(12(14,15)16)17-5-20-9/h2-5H,1H3,(H,18,19). The van der Waals surface area contributed by atoms with Crippen LogP contribution in [-0.2, 0) is 6.18 Å². The van der Waals surface area contributed by atoms with Crippen LogP contribution in [0.3, 0.4) is 0 Å². The zero-order valence-electron chi connectivity index (χ0n) is 10.1. The van der Waals surface area contributed by atoms with E-state index in [4.69, 9.17) is 0 Å². The lowest BCUT2D eigenvalue weighted by atomic mass is 10.2. The van der Waals surface area contributed by atoms with Crippen molar-refractivity contribution in [1.29, 1.82) is 0 Å². The Morgan fingerprint density at radius 3 is 2.70 bits per heavy atom. The first-order valence-corrected chi connectivity index (χ1v) is 7.04. The SMILES string of the molecule is Cc1cc(NC(=O)c2scnc2C(F)(F)F)ccc1Br. The van der Waals surface area contributed by atoms with Crippen molar-refractivity contribution in [2.75, 3.05) is 5.32 Å².